The fraction of sp³-hybridized carbons (Fsp3) is 0. The van der Waals surface area contributed by atoms with Gasteiger partial charge in [0.05, 0.1) is 6.20 Å². The Hall–Kier alpha value is -1.29. The molecule has 0 spiro atoms. The molecule has 0 saturated carbocycles. The second-order valence-electron chi connectivity index (χ2n) is 2.70. The van der Waals surface area contributed by atoms with Crippen LogP contribution < -0.4 is 5.73 Å². The van der Waals surface area contributed by atoms with Gasteiger partial charge in [-0.25, -0.2) is 0 Å². The monoisotopic (exact) mass is 237 g/mol. The van der Waals surface area contributed by atoms with Crippen molar-refractivity contribution in [3.8, 4) is 11.1 Å². The molecule has 66 valence electrons. The lowest BCUT2D eigenvalue weighted by atomic mass is 10.1. The van der Waals surface area contributed by atoms with Gasteiger partial charge in [0.25, 0.3) is 0 Å². The topological polar surface area (TPSA) is 54.7 Å². The molecule has 0 atom stereocenters. The third-order valence-corrected chi connectivity index (χ3v) is 2.35. The summed E-state index contributed by atoms with van der Waals surface area (Å²) in [4.78, 5) is 0. The summed E-state index contributed by atoms with van der Waals surface area (Å²) in [6.45, 7) is 0. The van der Waals surface area contributed by atoms with Gasteiger partial charge in [0.1, 0.15) is 5.82 Å². The number of nitrogens with one attached hydrogen (secondary N) is 1. The first-order valence-corrected chi connectivity index (χ1v) is 4.61. The molecular weight excluding hydrogens is 230 g/mol. The van der Waals surface area contributed by atoms with Crippen LogP contribution in [-0.4, -0.2) is 10.2 Å². The molecule has 1 aromatic carbocycles. The van der Waals surface area contributed by atoms with Crippen LogP contribution in [0.2, 0.25) is 0 Å². The molecule has 4 heteroatoms. The Morgan fingerprint density at radius 2 is 1.92 bits per heavy atom. The molecule has 2 aromatic rings. The first kappa shape index (κ1) is 8.31. The van der Waals surface area contributed by atoms with Gasteiger partial charge in [0, 0.05) is 10.0 Å². The zero-order chi connectivity index (χ0) is 9.26. The van der Waals surface area contributed by atoms with Gasteiger partial charge >= 0.3 is 0 Å². The number of hydrogen-bond acceptors (Lipinski definition) is 2. The number of hydrogen-bond donors (Lipinski definition) is 2. The summed E-state index contributed by atoms with van der Waals surface area (Å²) in [5.41, 5.74) is 7.68. The number of nitrogen functional groups attached to an aromatic ring is 1. The Kier molecular flexibility index (Phi) is 2.06. The summed E-state index contributed by atoms with van der Waals surface area (Å²) in [5.74, 6) is 0.599. The predicted octanol–water partition coefficient (Wildman–Crippen LogP) is 2.42. The molecular formula is C9H8BrN3. The van der Waals surface area contributed by atoms with Gasteiger partial charge in [0.15, 0.2) is 0 Å². The van der Waals surface area contributed by atoms with E-state index in [1.807, 2.05) is 24.3 Å². The van der Waals surface area contributed by atoms with E-state index in [0.29, 0.717) is 5.82 Å². The lowest BCUT2D eigenvalue weighted by Gasteiger charge is -1.98. The highest BCUT2D eigenvalue weighted by Crippen LogP contribution is 2.24. The zero-order valence-corrected chi connectivity index (χ0v) is 8.38. The Morgan fingerprint density at radius 3 is 2.46 bits per heavy atom. The maximum absolute atomic E-state index is 5.68. The van der Waals surface area contributed by atoms with Crippen LogP contribution in [0.1, 0.15) is 0 Å². The fourth-order valence-electron chi connectivity index (χ4n) is 1.16. The second-order valence-corrected chi connectivity index (χ2v) is 3.62. The van der Waals surface area contributed by atoms with E-state index in [1.54, 1.807) is 6.20 Å². The lowest BCUT2D eigenvalue weighted by Crippen LogP contribution is -1.87. The van der Waals surface area contributed by atoms with E-state index in [-0.39, 0.29) is 0 Å². The summed E-state index contributed by atoms with van der Waals surface area (Å²) in [7, 11) is 0. The van der Waals surface area contributed by atoms with E-state index in [9.17, 15) is 0 Å². The van der Waals surface area contributed by atoms with Gasteiger partial charge in [-0.15, -0.1) is 0 Å². The molecule has 3 N–H and O–H groups in total. The van der Waals surface area contributed by atoms with Crippen molar-refractivity contribution in [1.29, 1.82) is 0 Å². The number of aromatic amines is 1. The minimum absolute atomic E-state index is 0.599. The van der Waals surface area contributed by atoms with Crippen molar-refractivity contribution in [1.82, 2.24) is 10.2 Å². The Balaban J connectivity index is 2.47. The average Bonchev–Trinajstić information content (AvgIpc) is 2.53. The molecule has 0 radical (unpaired) electrons. The van der Waals surface area contributed by atoms with E-state index in [2.05, 4.69) is 26.1 Å². The first-order valence-electron chi connectivity index (χ1n) is 3.82. The van der Waals surface area contributed by atoms with Crippen molar-refractivity contribution < 1.29 is 0 Å². The third kappa shape index (κ3) is 1.58. The van der Waals surface area contributed by atoms with Crippen LogP contribution in [0, 0.1) is 0 Å². The molecule has 1 aromatic heterocycles. The molecule has 3 nitrogen and oxygen atoms in total. The van der Waals surface area contributed by atoms with Crippen LogP contribution in [0.25, 0.3) is 11.1 Å². The van der Waals surface area contributed by atoms with Crippen molar-refractivity contribution in [2.24, 2.45) is 0 Å². The van der Waals surface area contributed by atoms with E-state index in [1.165, 1.54) is 0 Å². The third-order valence-electron chi connectivity index (χ3n) is 1.82. The van der Waals surface area contributed by atoms with Crippen LogP contribution in [-0.2, 0) is 0 Å². The van der Waals surface area contributed by atoms with Gasteiger partial charge < -0.3 is 5.73 Å². The predicted molar refractivity (Wildman–Crippen MR) is 56.1 cm³/mol. The van der Waals surface area contributed by atoms with Crippen LogP contribution in [0.5, 0.6) is 0 Å². The van der Waals surface area contributed by atoms with Crippen molar-refractivity contribution in [3.05, 3.63) is 34.9 Å². The molecule has 0 aliphatic carbocycles. The minimum Gasteiger partial charge on any atom is -0.384 e. The number of aromatic nitrogens is 2. The summed E-state index contributed by atoms with van der Waals surface area (Å²) in [5, 5.41) is 6.56. The van der Waals surface area contributed by atoms with Gasteiger partial charge in [-0.3, -0.25) is 5.10 Å². The molecule has 2 rings (SSSR count). The Morgan fingerprint density at radius 1 is 1.23 bits per heavy atom. The lowest BCUT2D eigenvalue weighted by molar-refractivity contribution is 1.10. The van der Waals surface area contributed by atoms with E-state index in [4.69, 9.17) is 5.73 Å². The average molecular weight is 238 g/mol. The second kappa shape index (κ2) is 3.22. The number of nitrogens with two attached hydrogens (primary N) is 1. The SMILES string of the molecule is Nc1[nH]ncc1-c1ccc(Br)cc1. The fourth-order valence-corrected chi connectivity index (χ4v) is 1.42. The summed E-state index contributed by atoms with van der Waals surface area (Å²) >= 11 is 3.37. The Labute approximate surface area is 84.1 Å². The molecule has 0 aliphatic rings. The number of halogens is 1. The summed E-state index contributed by atoms with van der Waals surface area (Å²) in [6, 6.07) is 7.93. The highest BCUT2D eigenvalue weighted by Gasteiger charge is 2.02. The molecule has 0 amide bonds. The number of H-pyrrole nitrogens is 1. The molecule has 0 aliphatic heterocycles. The van der Waals surface area contributed by atoms with Crippen molar-refractivity contribution >= 4 is 21.7 Å². The Bertz CT molecular complexity index is 405. The normalized spacial score (nSPS) is 10.2. The number of anilines is 1. The van der Waals surface area contributed by atoms with E-state index >= 15 is 0 Å². The molecule has 0 saturated heterocycles. The number of benzene rings is 1. The van der Waals surface area contributed by atoms with E-state index in [0.717, 1.165) is 15.6 Å². The van der Waals surface area contributed by atoms with Gasteiger partial charge in [-0.05, 0) is 17.7 Å². The quantitative estimate of drug-likeness (QED) is 0.801. The van der Waals surface area contributed by atoms with Crippen LogP contribution >= 0.6 is 15.9 Å². The van der Waals surface area contributed by atoms with E-state index < -0.39 is 0 Å². The van der Waals surface area contributed by atoms with Gasteiger partial charge in [-0.1, -0.05) is 28.1 Å². The van der Waals surface area contributed by atoms with Crippen molar-refractivity contribution in [2.75, 3.05) is 5.73 Å². The van der Waals surface area contributed by atoms with Crippen molar-refractivity contribution in [3.63, 3.8) is 0 Å². The van der Waals surface area contributed by atoms with Gasteiger partial charge in [0.2, 0.25) is 0 Å². The smallest absolute Gasteiger partial charge is 0.126 e. The minimum atomic E-state index is 0.599. The van der Waals surface area contributed by atoms with Crippen LogP contribution in [0.4, 0.5) is 5.82 Å². The maximum atomic E-state index is 5.68. The highest BCUT2D eigenvalue weighted by atomic mass is 79.9. The zero-order valence-electron chi connectivity index (χ0n) is 6.79. The summed E-state index contributed by atoms with van der Waals surface area (Å²) in [6.07, 6.45) is 1.72. The largest absolute Gasteiger partial charge is 0.384 e. The first-order chi connectivity index (χ1) is 6.27. The molecule has 1 heterocycles. The standard InChI is InChI=1S/C9H8BrN3/c10-7-3-1-6(2-4-7)8-5-12-13-9(8)11/h1-5H,(H3,11,12,13). The van der Waals surface area contributed by atoms with Crippen LogP contribution in [0.3, 0.4) is 0 Å². The van der Waals surface area contributed by atoms with Crippen LogP contribution in [0.15, 0.2) is 34.9 Å². The molecule has 0 bridgehead atoms. The van der Waals surface area contributed by atoms with Crippen molar-refractivity contribution in [2.45, 2.75) is 0 Å². The molecule has 13 heavy (non-hydrogen) atoms. The summed E-state index contributed by atoms with van der Waals surface area (Å²) < 4.78 is 1.05. The number of nitrogens with zero attached hydrogens (tertiary/aromatic N) is 1. The molecule has 0 fully saturated rings. The maximum Gasteiger partial charge on any atom is 0.126 e. The number of rotatable bonds is 1. The van der Waals surface area contributed by atoms with Gasteiger partial charge in [-0.2, -0.15) is 5.10 Å². The molecule has 0 unspecified atom stereocenters. The highest BCUT2D eigenvalue weighted by molar-refractivity contribution is 9.10.